The molecule has 0 saturated carbocycles. The zero-order valence-electron chi connectivity index (χ0n) is 17.5. The molecule has 2 amide bonds. The number of aryl methyl sites for hydroxylation is 2. The molecule has 0 fully saturated rings. The first kappa shape index (κ1) is 20.0. The van der Waals surface area contributed by atoms with Crippen LogP contribution in [-0.4, -0.2) is 15.7 Å². The standard InChI is InChI=1S/C23H28N2O4S/c1-23(2)11-18(26)17-10-20(29-19(17)12-23)30(28)25-22(27)24-21-15-7-3-5-13(15)9-14-6-4-8-16(14)21/h9-10,18,26,28H,3-8,11-12H2,1-2H3,(H-,24,25,27)/p+1. The highest BCUT2D eigenvalue weighted by molar-refractivity contribution is 7.90. The minimum absolute atomic E-state index is 0.0610. The highest BCUT2D eigenvalue weighted by Crippen LogP contribution is 2.43. The van der Waals surface area contributed by atoms with E-state index < -0.39 is 23.5 Å². The van der Waals surface area contributed by atoms with Gasteiger partial charge in [-0.05, 0) is 72.6 Å². The van der Waals surface area contributed by atoms with Crippen molar-refractivity contribution in [3.8, 4) is 0 Å². The molecule has 5 rings (SSSR count). The zero-order valence-corrected chi connectivity index (χ0v) is 18.3. The van der Waals surface area contributed by atoms with Crippen LogP contribution < -0.4 is 10.0 Å². The monoisotopic (exact) mass is 429 g/mol. The van der Waals surface area contributed by atoms with Crippen molar-refractivity contribution in [3.05, 3.63) is 45.7 Å². The van der Waals surface area contributed by atoms with Gasteiger partial charge in [-0.1, -0.05) is 19.9 Å². The Labute approximate surface area is 179 Å². The van der Waals surface area contributed by atoms with Crippen LogP contribution in [0.15, 0.2) is 21.6 Å². The van der Waals surface area contributed by atoms with Crippen molar-refractivity contribution in [1.82, 2.24) is 4.72 Å². The normalized spacial score (nSPS) is 22.2. The number of aliphatic hydroxyl groups is 1. The molecule has 3 aliphatic rings. The first-order valence-electron chi connectivity index (χ1n) is 10.8. The lowest BCUT2D eigenvalue weighted by Gasteiger charge is -2.31. The van der Waals surface area contributed by atoms with Crippen LogP contribution in [0.2, 0.25) is 0 Å². The molecule has 0 spiro atoms. The molecule has 4 N–H and O–H groups in total. The zero-order chi connectivity index (χ0) is 21.0. The summed E-state index contributed by atoms with van der Waals surface area (Å²) in [5.41, 5.74) is 6.81. The number of furan rings is 1. The third-order valence-corrected chi connectivity index (χ3v) is 7.62. The average Bonchev–Trinajstić information content (AvgIpc) is 3.38. The van der Waals surface area contributed by atoms with E-state index in [-0.39, 0.29) is 10.5 Å². The molecule has 1 heterocycles. The average molecular weight is 430 g/mol. The maximum atomic E-state index is 12.7. The van der Waals surface area contributed by atoms with Gasteiger partial charge < -0.3 is 14.8 Å². The van der Waals surface area contributed by atoms with Crippen molar-refractivity contribution in [3.63, 3.8) is 0 Å². The molecular formula is C23H29N2O4S+. The Balaban J connectivity index is 1.33. The quantitative estimate of drug-likeness (QED) is 0.542. The van der Waals surface area contributed by atoms with Crippen molar-refractivity contribution in [1.29, 1.82) is 0 Å². The van der Waals surface area contributed by atoms with Crippen molar-refractivity contribution in [2.75, 3.05) is 5.32 Å². The molecule has 2 aromatic rings. The number of nitrogens with one attached hydrogen (secondary N) is 2. The molecule has 1 aromatic heterocycles. The molecule has 0 aliphatic heterocycles. The molecule has 2 unspecified atom stereocenters. The highest BCUT2D eigenvalue weighted by Gasteiger charge is 2.39. The Bertz CT molecular complexity index is 981. The van der Waals surface area contributed by atoms with Gasteiger partial charge in [-0.15, -0.1) is 4.72 Å². The summed E-state index contributed by atoms with van der Waals surface area (Å²) in [7, 11) is 0. The van der Waals surface area contributed by atoms with Crippen LogP contribution in [0.25, 0.3) is 0 Å². The fraction of sp³-hybridized carbons (Fsp3) is 0.522. The topological polar surface area (TPSA) is 94.7 Å². The van der Waals surface area contributed by atoms with Gasteiger partial charge in [0.1, 0.15) is 5.76 Å². The second-order valence-electron chi connectivity index (χ2n) is 9.58. The molecule has 0 radical (unpaired) electrons. The van der Waals surface area contributed by atoms with Gasteiger partial charge in [0.25, 0.3) is 0 Å². The van der Waals surface area contributed by atoms with E-state index in [4.69, 9.17) is 4.42 Å². The van der Waals surface area contributed by atoms with E-state index in [1.54, 1.807) is 6.07 Å². The summed E-state index contributed by atoms with van der Waals surface area (Å²) in [6.07, 6.45) is 7.09. The van der Waals surface area contributed by atoms with Gasteiger partial charge in [0.05, 0.1) is 6.10 Å². The van der Waals surface area contributed by atoms with Crippen LogP contribution in [0.4, 0.5) is 10.5 Å². The Morgan fingerprint density at radius 3 is 2.47 bits per heavy atom. The van der Waals surface area contributed by atoms with Gasteiger partial charge in [0.2, 0.25) is 0 Å². The number of rotatable bonds is 3. The summed E-state index contributed by atoms with van der Waals surface area (Å²) in [6.45, 7) is 4.17. The molecule has 1 aromatic carbocycles. The van der Waals surface area contributed by atoms with Gasteiger partial charge >= 0.3 is 22.5 Å². The van der Waals surface area contributed by atoms with Gasteiger partial charge in [0.15, 0.2) is 0 Å². The minimum atomic E-state index is -1.58. The molecule has 160 valence electrons. The van der Waals surface area contributed by atoms with Crippen molar-refractivity contribution >= 4 is 23.1 Å². The predicted octanol–water partition coefficient (Wildman–Crippen LogP) is 4.45. The SMILES string of the molecule is CC1(C)Cc2oc([S+](O)NC(=O)Nc3c4c(cc5c3CCC5)CCC4)cc2C(O)C1. The van der Waals surface area contributed by atoms with Crippen LogP contribution >= 0.6 is 0 Å². The lowest BCUT2D eigenvalue weighted by atomic mass is 9.76. The number of carbonyl (C=O) groups is 1. The summed E-state index contributed by atoms with van der Waals surface area (Å²) in [5.74, 6) is 0.696. The molecule has 2 atom stereocenters. The third kappa shape index (κ3) is 3.53. The molecule has 7 heteroatoms. The van der Waals surface area contributed by atoms with E-state index in [9.17, 15) is 14.5 Å². The molecule has 6 nitrogen and oxygen atoms in total. The van der Waals surface area contributed by atoms with Crippen molar-refractivity contribution in [2.24, 2.45) is 5.41 Å². The molecule has 3 aliphatic carbocycles. The number of fused-ring (bicyclic) bond motifs is 3. The van der Waals surface area contributed by atoms with Crippen LogP contribution in [0, 0.1) is 5.41 Å². The number of urea groups is 1. The van der Waals surface area contributed by atoms with Crippen LogP contribution in [0.3, 0.4) is 0 Å². The number of amides is 2. The van der Waals surface area contributed by atoms with E-state index in [2.05, 4.69) is 30.0 Å². The van der Waals surface area contributed by atoms with Gasteiger partial charge in [-0.25, -0.2) is 4.79 Å². The molecule has 0 bridgehead atoms. The second-order valence-corrected chi connectivity index (χ2v) is 10.8. The maximum absolute atomic E-state index is 12.7. The smallest absolute Gasteiger partial charge is 0.378 e. The van der Waals surface area contributed by atoms with Crippen LogP contribution in [0.1, 0.15) is 72.8 Å². The largest absolute Gasteiger partial charge is 0.418 e. The Morgan fingerprint density at radius 1 is 1.13 bits per heavy atom. The van der Waals surface area contributed by atoms with Gasteiger partial charge in [-0.2, -0.15) is 4.55 Å². The van der Waals surface area contributed by atoms with E-state index in [1.165, 1.54) is 22.3 Å². The second kappa shape index (κ2) is 7.32. The number of aliphatic hydroxyl groups excluding tert-OH is 1. The maximum Gasteiger partial charge on any atom is 0.378 e. The first-order valence-corrected chi connectivity index (χ1v) is 12.0. The Kier molecular flexibility index (Phi) is 4.87. The van der Waals surface area contributed by atoms with Gasteiger partial charge in [-0.3, -0.25) is 0 Å². The van der Waals surface area contributed by atoms with Crippen LogP contribution in [0.5, 0.6) is 0 Å². The Morgan fingerprint density at radius 2 is 1.80 bits per heavy atom. The lowest BCUT2D eigenvalue weighted by Crippen LogP contribution is -2.34. The number of hydrogen-bond acceptors (Lipinski definition) is 4. The number of hydrogen-bond donors (Lipinski definition) is 4. The van der Waals surface area contributed by atoms with E-state index in [0.717, 1.165) is 49.8 Å². The summed E-state index contributed by atoms with van der Waals surface area (Å²) < 4.78 is 19.1. The lowest BCUT2D eigenvalue weighted by molar-refractivity contribution is 0.0926. The summed E-state index contributed by atoms with van der Waals surface area (Å²) in [6, 6.07) is 3.58. The van der Waals surface area contributed by atoms with E-state index in [0.29, 0.717) is 18.6 Å². The number of benzene rings is 1. The number of anilines is 1. The first-order chi connectivity index (χ1) is 14.3. The summed E-state index contributed by atoms with van der Waals surface area (Å²) in [4.78, 5) is 12.7. The van der Waals surface area contributed by atoms with E-state index in [1.807, 2.05) is 0 Å². The molecule has 30 heavy (non-hydrogen) atoms. The Hall–Kier alpha value is -1.96. The molecule has 0 saturated heterocycles. The van der Waals surface area contributed by atoms with Crippen LogP contribution in [-0.2, 0) is 43.5 Å². The van der Waals surface area contributed by atoms with Crippen molar-refractivity contribution < 1.29 is 18.9 Å². The predicted molar refractivity (Wildman–Crippen MR) is 117 cm³/mol. The van der Waals surface area contributed by atoms with Gasteiger partial charge in [0, 0.05) is 23.7 Å². The fourth-order valence-electron chi connectivity index (χ4n) is 5.32. The summed E-state index contributed by atoms with van der Waals surface area (Å²) >= 11 is -1.58. The fourth-order valence-corrected chi connectivity index (χ4v) is 6.06. The summed E-state index contributed by atoms with van der Waals surface area (Å²) in [5, 5.41) is 13.7. The van der Waals surface area contributed by atoms with Crippen molar-refractivity contribution in [2.45, 2.75) is 76.4 Å². The number of carbonyl (C=O) groups excluding carboxylic acids is 1. The molecular weight excluding hydrogens is 400 g/mol. The minimum Gasteiger partial charge on any atom is -0.418 e. The highest BCUT2D eigenvalue weighted by atomic mass is 32.2. The van der Waals surface area contributed by atoms with E-state index >= 15 is 0 Å². The third-order valence-electron chi connectivity index (χ3n) is 6.65.